The summed E-state index contributed by atoms with van der Waals surface area (Å²) in [5, 5.41) is 3.07. The number of nitrogens with one attached hydrogen (secondary N) is 1. The third kappa shape index (κ3) is 3.65. The van der Waals surface area contributed by atoms with Crippen molar-refractivity contribution >= 4 is 17.5 Å². The molecule has 33 heavy (non-hydrogen) atoms. The number of carbonyl (C=O) groups is 1. The zero-order valence-electron chi connectivity index (χ0n) is 18.2. The summed E-state index contributed by atoms with van der Waals surface area (Å²) in [6, 6.07) is 12.0. The number of anilines is 1. The van der Waals surface area contributed by atoms with Gasteiger partial charge in [0, 0.05) is 14.1 Å². The van der Waals surface area contributed by atoms with E-state index in [2.05, 4.69) is 5.32 Å². The second kappa shape index (κ2) is 8.50. The smallest absolute Gasteiger partial charge is 0.337 e. The van der Waals surface area contributed by atoms with E-state index < -0.39 is 34.8 Å². The van der Waals surface area contributed by atoms with Gasteiger partial charge in [0.15, 0.2) is 11.6 Å². The van der Waals surface area contributed by atoms with Crippen LogP contribution in [0.3, 0.4) is 0 Å². The van der Waals surface area contributed by atoms with Crippen LogP contribution in [-0.4, -0.2) is 21.7 Å². The summed E-state index contributed by atoms with van der Waals surface area (Å²) in [6.45, 7) is 1.70. The van der Waals surface area contributed by atoms with E-state index in [1.54, 1.807) is 37.3 Å². The largest absolute Gasteiger partial charge is 0.463 e. The molecule has 4 rings (SSSR count). The van der Waals surface area contributed by atoms with Gasteiger partial charge in [-0.25, -0.2) is 18.4 Å². The van der Waals surface area contributed by atoms with Crippen LogP contribution in [0.1, 0.15) is 29.5 Å². The van der Waals surface area contributed by atoms with Crippen molar-refractivity contribution in [3.05, 3.63) is 103 Å². The number of nitrogens with zero attached hydrogens (tertiary/aromatic N) is 2. The summed E-state index contributed by atoms with van der Waals surface area (Å²) in [5.41, 5.74) is -0.0764. The van der Waals surface area contributed by atoms with Gasteiger partial charge in [-0.2, -0.15) is 0 Å². The number of aromatic nitrogens is 2. The minimum atomic E-state index is -1.13. The fraction of sp³-hybridized carbons (Fsp3) is 0.208. The molecule has 170 valence electrons. The number of rotatable bonds is 4. The van der Waals surface area contributed by atoms with Gasteiger partial charge in [0.05, 0.1) is 29.4 Å². The second-order valence-electron chi connectivity index (χ2n) is 7.57. The van der Waals surface area contributed by atoms with Crippen molar-refractivity contribution in [2.75, 3.05) is 11.9 Å². The summed E-state index contributed by atoms with van der Waals surface area (Å²) in [5.74, 6) is -3.87. The number of hydrogen-bond acceptors (Lipinski definition) is 5. The monoisotopic (exact) mass is 453 g/mol. The Labute approximate surface area is 187 Å². The van der Waals surface area contributed by atoms with Gasteiger partial charge in [0.1, 0.15) is 5.82 Å². The van der Waals surface area contributed by atoms with Crippen molar-refractivity contribution in [3.63, 3.8) is 0 Å². The van der Waals surface area contributed by atoms with Crippen molar-refractivity contribution in [2.24, 2.45) is 14.1 Å². The Balaban J connectivity index is 2.15. The van der Waals surface area contributed by atoms with Crippen LogP contribution >= 0.6 is 0 Å². The lowest BCUT2D eigenvalue weighted by Gasteiger charge is -2.32. The van der Waals surface area contributed by atoms with Crippen molar-refractivity contribution in [1.82, 2.24) is 9.13 Å². The molecular weight excluding hydrogens is 432 g/mol. The molecule has 1 atom stereocenters. The Morgan fingerprint density at radius 2 is 1.73 bits per heavy atom. The summed E-state index contributed by atoms with van der Waals surface area (Å²) >= 11 is 0. The molecule has 0 amide bonds. The predicted molar refractivity (Wildman–Crippen MR) is 119 cm³/mol. The maximum absolute atomic E-state index is 14.3. The topological polar surface area (TPSA) is 82.3 Å². The van der Waals surface area contributed by atoms with Gasteiger partial charge in [0.25, 0.3) is 5.56 Å². The number of benzene rings is 2. The van der Waals surface area contributed by atoms with Gasteiger partial charge in [-0.3, -0.25) is 13.9 Å². The van der Waals surface area contributed by atoms with Gasteiger partial charge in [-0.15, -0.1) is 0 Å². The van der Waals surface area contributed by atoms with Crippen LogP contribution < -0.4 is 16.6 Å². The summed E-state index contributed by atoms with van der Waals surface area (Å²) in [7, 11) is 2.79. The minimum Gasteiger partial charge on any atom is -0.463 e. The van der Waals surface area contributed by atoms with Crippen molar-refractivity contribution in [1.29, 1.82) is 0 Å². The Hall–Kier alpha value is -4.01. The molecule has 0 saturated heterocycles. The number of ether oxygens (including phenoxy) is 1. The fourth-order valence-electron chi connectivity index (χ4n) is 4.04. The molecule has 0 saturated carbocycles. The molecule has 1 unspecified atom stereocenters. The lowest BCUT2D eigenvalue weighted by molar-refractivity contribution is -0.138. The normalized spacial score (nSPS) is 15.1. The van der Waals surface area contributed by atoms with E-state index in [9.17, 15) is 23.2 Å². The van der Waals surface area contributed by atoms with E-state index >= 15 is 0 Å². The van der Waals surface area contributed by atoms with Gasteiger partial charge in [-0.05, 0) is 30.2 Å². The Morgan fingerprint density at radius 1 is 1.03 bits per heavy atom. The Bertz CT molecular complexity index is 1410. The lowest BCUT2D eigenvalue weighted by Crippen LogP contribution is -2.43. The second-order valence-corrected chi connectivity index (χ2v) is 7.57. The van der Waals surface area contributed by atoms with Crippen LogP contribution in [0.15, 0.2) is 63.7 Å². The number of fused-ring (bicyclic) bond motifs is 1. The van der Waals surface area contributed by atoms with Crippen molar-refractivity contribution in [2.45, 2.75) is 12.8 Å². The van der Waals surface area contributed by atoms with Gasteiger partial charge < -0.3 is 10.1 Å². The molecular formula is C24H21F2N3O4. The molecule has 0 radical (unpaired) electrons. The molecule has 1 aliphatic heterocycles. The third-order valence-corrected chi connectivity index (χ3v) is 5.62. The molecule has 9 heteroatoms. The highest BCUT2D eigenvalue weighted by Gasteiger charge is 2.39. The summed E-state index contributed by atoms with van der Waals surface area (Å²) < 4.78 is 35.5. The first-order valence-electron chi connectivity index (χ1n) is 10.2. The molecule has 2 aromatic carbocycles. The molecule has 7 nitrogen and oxygen atoms in total. The molecule has 0 aliphatic carbocycles. The summed E-state index contributed by atoms with van der Waals surface area (Å²) in [6.07, 6.45) is 0. The zero-order valence-corrected chi connectivity index (χ0v) is 18.2. The molecule has 1 aromatic heterocycles. The van der Waals surface area contributed by atoms with E-state index in [1.165, 1.54) is 24.7 Å². The number of carbonyl (C=O) groups excluding carboxylic acids is 1. The Morgan fingerprint density at radius 3 is 2.36 bits per heavy atom. The van der Waals surface area contributed by atoms with Crippen molar-refractivity contribution < 1.29 is 18.3 Å². The van der Waals surface area contributed by atoms with Gasteiger partial charge in [0.2, 0.25) is 0 Å². The van der Waals surface area contributed by atoms with Gasteiger partial charge in [-0.1, -0.05) is 36.4 Å². The molecule has 1 N–H and O–H groups in total. The van der Waals surface area contributed by atoms with Crippen LogP contribution in [0.25, 0.3) is 5.70 Å². The van der Waals surface area contributed by atoms with Crippen molar-refractivity contribution in [3.8, 4) is 0 Å². The Kier molecular flexibility index (Phi) is 5.71. The maximum atomic E-state index is 14.3. The van der Waals surface area contributed by atoms with E-state index in [0.29, 0.717) is 11.3 Å². The molecule has 2 heterocycles. The van der Waals surface area contributed by atoms with E-state index in [1.807, 2.05) is 0 Å². The first-order chi connectivity index (χ1) is 15.8. The molecule has 0 bridgehead atoms. The number of esters is 1. The molecule has 0 spiro atoms. The summed E-state index contributed by atoms with van der Waals surface area (Å²) in [4.78, 5) is 39.1. The molecule has 0 fully saturated rings. The predicted octanol–water partition coefficient (Wildman–Crippen LogP) is 2.89. The maximum Gasteiger partial charge on any atom is 0.337 e. The van der Waals surface area contributed by atoms with Gasteiger partial charge >= 0.3 is 11.7 Å². The third-order valence-electron chi connectivity index (χ3n) is 5.62. The van der Waals surface area contributed by atoms with E-state index in [0.717, 1.165) is 16.7 Å². The quantitative estimate of drug-likeness (QED) is 0.615. The highest BCUT2D eigenvalue weighted by Crippen LogP contribution is 2.43. The van der Waals surface area contributed by atoms with Crippen LogP contribution in [0, 0.1) is 11.6 Å². The molecule has 1 aliphatic rings. The van der Waals surface area contributed by atoms with Crippen LogP contribution in [0.4, 0.5) is 14.6 Å². The standard InChI is InChI=1S/C24H21F2N3O4/c1-4-33-23(31)18-17(14-10-11-15(25)16(26)12-14)19-21(28(2)24(32)29(3)22(19)30)27-20(18)13-8-6-5-7-9-13/h5-12,17,27H,4H2,1-3H3. The van der Waals surface area contributed by atoms with E-state index in [-0.39, 0.29) is 29.1 Å². The van der Waals surface area contributed by atoms with Crippen LogP contribution in [0.5, 0.6) is 0 Å². The van der Waals surface area contributed by atoms with Crippen LogP contribution in [-0.2, 0) is 23.6 Å². The first-order valence-corrected chi connectivity index (χ1v) is 10.2. The first kappa shape index (κ1) is 22.2. The highest BCUT2D eigenvalue weighted by molar-refractivity contribution is 6.04. The zero-order chi connectivity index (χ0) is 23.9. The van der Waals surface area contributed by atoms with Crippen LogP contribution in [0.2, 0.25) is 0 Å². The number of hydrogen-bond donors (Lipinski definition) is 1. The minimum absolute atomic E-state index is 0.0494. The average Bonchev–Trinajstić information content (AvgIpc) is 2.82. The fourth-order valence-corrected chi connectivity index (χ4v) is 4.04. The average molecular weight is 453 g/mol. The van der Waals surface area contributed by atoms with E-state index in [4.69, 9.17) is 4.74 Å². The lowest BCUT2D eigenvalue weighted by atomic mass is 9.80. The highest BCUT2D eigenvalue weighted by atomic mass is 19.2. The number of halogens is 2. The molecule has 3 aromatic rings. The SMILES string of the molecule is CCOC(=O)C1=C(c2ccccc2)Nc2c(c(=O)n(C)c(=O)n2C)C1c1ccc(F)c(F)c1.